The number of ether oxygens (including phenoxy) is 1. The first kappa shape index (κ1) is 19.8. The Labute approximate surface area is 175 Å². The molecule has 8 heteroatoms. The molecule has 2 aromatic carbocycles. The van der Waals surface area contributed by atoms with Crippen molar-refractivity contribution in [2.45, 2.75) is 12.6 Å². The summed E-state index contributed by atoms with van der Waals surface area (Å²) in [6.07, 6.45) is 0. The molecule has 1 aliphatic heterocycles. The van der Waals surface area contributed by atoms with Crippen LogP contribution in [0.1, 0.15) is 17.4 Å². The molecular weight excluding hydrogens is 388 g/mol. The molecule has 3 aromatic rings. The van der Waals surface area contributed by atoms with E-state index in [9.17, 15) is 0 Å². The van der Waals surface area contributed by atoms with Gasteiger partial charge in [0.25, 0.3) is 0 Å². The molecule has 0 radical (unpaired) electrons. The van der Waals surface area contributed by atoms with Crippen molar-refractivity contribution in [3.05, 3.63) is 71.0 Å². The minimum absolute atomic E-state index is 0.103. The molecule has 7 nitrogen and oxygen atoms in total. The maximum Gasteiger partial charge on any atom is 0.173 e. The highest BCUT2D eigenvalue weighted by Crippen LogP contribution is 2.33. The smallest absolute Gasteiger partial charge is 0.173 e. The second-order valence-electron chi connectivity index (χ2n) is 7.04. The summed E-state index contributed by atoms with van der Waals surface area (Å²) < 4.78 is 7.05. The minimum Gasteiger partial charge on any atom is -0.383 e. The normalized spacial score (nSPS) is 16.1. The summed E-state index contributed by atoms with van der Waals surface area (Å²) in [6.45, 7) is 4.80. The van der Waals surface area contributed by atoms with Crippen molar-refractivity contribution in [2.24, 2.45) is 0 Å². The standard InChI is InChI=1S/C21H25ClN6O/c1-29-16-15-28-21(23-24-25-28)20(18-9-5-6-10-19(18)22)27-13-11-26(12-14-27)17-7-3-2-4-8-17/h2-10,20H,11-16H2,1H3/t20-/m0/s1. The Morgan fingerprint density at radius 2 is 1.72 bits per heavy atom. The summed E-state index contributed by atoms with van der Waals surface area (Å²) in [5.74, 6) is 0.795. The molecular formula is C21H25ClN6O. The Morgan fingerprint density at radius 3 is 2.45 bits per heavy atom. The maximum atomic E-state index is 6.60. The zero-order chi connectivity index (χ0) is 20.1. The predicted molar refractivity (Wildman–Crippen MR) is 113 cm³/mol. The van der Waals surface area contributed by atoms with Crippen LogP contribution in [-0.4, -0.2) is 65.0 Å². The lowest BCUT2D eigenvalue weighted by molar-refractivity contribution is 0.172. The van der Waals surface area contributed by atoms with Crippen molar-refractivity contribution >= 4 is 17.3 Å². The summed E-state index contributed by atoms with van der Waals surface area (Å²) in [5, 5.41) is 13.2. The van der Waals surface area contributed by atoms with Crippen LogP contribution in [0.25, 0.3) is 0 Å². The zero-order valence-electron chi connectivity index (χ0n) is 16.5. The van der Waals surface area contributed by atoms with E-state index < -0.39 is 0 Å². The van der Waals surface area contributed by atoms with E-state index in [1.165, 1.54) is 5.69 Å². The van der Waals surface area contributed by atoms with Gasteiger partial charge < -0.3 is 9.64 Å². The third-order valence-corrected chi connectivity index (χ3v) is 5.66. The van der Waals surface area contributed by atoms with Crippen LogP contribution in [-0.2, 0) is 11.3 Å². The molecule has 152 valence electrons. The van der Waals surface area contributed by atoms with Crippen LogP contribution in [0.4, 0.5) is 5.69 Å². The predicted octanol–water partition coefficient (Wildman–Crippen LogP) is 2.88. The van der Waals surface area contributed by atoms with Gasteiger partial charge in [-0.2, -0.15) is 0 Å². The van der Waals surface area contributed by atoms with Crippen LogP contribution in [0.3, 0.4) is 0 Å². The van der Waals surface area contributed by atoms with E-state index in [1.54, 1.807) is 7.11 Å². The van der Waals surface area contributed by atoms with Crippen LogP contribution < -0.4 is 4.90 Å². The number of hydrogen-bond donors (Lipinski definition) is 0. The van der Waals surface area contributed by atoms with Crippen molar-refractivity contribution in [3.63, 3.8) is 0 Å². The average molecular weight is 413 g/mol. The van der Waals surface area contributed by atoms with Crippen molar-refractivity contribution in [2.75, 3.05) is 44.8 Å². The van der Waals surface area contributed by atoms with Crippen molar-refractivity contribution < 1.29 is 4.74 Å². The summed E-state index contributed by atoms with van der Waals surface area (Å²) in [5.41, 5.74) is 2.28. The largest absolute Gasteiger partial charge is 0.383 e. The lowest BCUT2D eigenvalue weighted by Crippen LogP contribution is -2.48. The van der Waals surface area contributed by atoms with Gasteiger partial charge in [0.1, 0.15) is 0 Å². The summed E-state index contributed by atoms with van der Waals surface area (Å²) in [6, 6.07) is 18.4. The highest BCUT2D eigenvalue weighted by Gasteiger charge is 2.31. The quantitative estimate of drug-likeness (QED) is 0.594. The van der Waals surface area contributed by atoms with E-state index in [2.05, 4.69) is 55.7 Å². The number of tetrazole rings is 1. The maximum absolute atomic E-state index is 6.60. The lowest BCUT2D eigenvalue weighted by atomic mass is 10.0. The molecule has 2 heterocycles. The molecule has 0 amide bonds. The van der Waals surface area contributed by atoms with Crippen LogP contribution in [0, 0.1) is 0 Å². The Bertz CT molecular complexity index is 910. The second kappa shape index (κ2) is 9.35. The number of nitrogens with zero attached hydrogens (tertiary/aromatic N) is 6. The number of hydrogen-bond acceptors (Lipinski definition) is 6. The number of methoxy groups -OCH3 is 1. The van der Waals surface area contributed by atoms with E-state index in [-0.39, 0.29) is 6.04 Å². The van der Waals surface area contributed by atoms with Gasteiger partial charge in [0, 0.05) is 44.0 Å². The monoisotopic (exact) mass is 412 g/mol. The van der Waals surface area contributed by atoms with Gasteiger partial charge in [0.05, 0.1) is 19.2 Å². The highest BCUT2D eigenvalue weighted by molar-refractivity contribution is 6.31. The van der Waals surface area contributed by atoms with Gasteiger partial charge in [0.15, 0.2) is 5.82 Å². The van der Waals surface area contributed by atoms with Gasteiger partial charge in [-0.15, -0.1) is 5.10 Å². The topological polar surface area (TPSA) is 59.3 Å². The van der Waals surface area contributed by atoms with E-state index in [0.717, 1.165) is 42.6 Å². The average Bonchev–Trinajstić information content (AvgIpc) is 3.23. The Balaban J connectivity index is 1.60. The number of benzene rings is 2. The number of halogens is 1. The molecule has 4 rings (SSSR count). The van der Waals surface area contributed by atoms with E-state index >= 15 is 0 Å². The number of rotatable bonds is 7. The molecule has 0 aliphatic carbocycles. The molecule has 0 saturated carbocycles. The zero-order valence-corrected chi connectivity index (χ0v) is 17.2. The van der Waals surface area contributed by atoms with E-state index in [1.807, 2.05) is 28.9 Å². The SMILES string of the molecule is COCCn1nnnc1[C@H](c1ccccc1Cl)N1CCN(c2ccccc2)CC1. The van der Waals surface area contributed by atoms with Gasteiger partial charge in [-0.25, -0.2) is 4.68 Å². The molecule has 1 saturated heterocycles. The molecule has 0 unspecified atom stereocenters. The summed E-state index contributed by atoms with van der Waals surface area (Å²) in [4.78, 5) is 4.82. The molecule has 1 fully saturated rings. The van der Waals surface area contributed by atoms with Crippen LogP contribution in [0.15, 0.2) is 54.6 Å². The Hall–Kier alpha value is -2.48. The number of piperazine rings is 1. The van der Waals surface area contributed by atoms with E-state index in [4.69, 9.17) is 16.3 Å². The minimum atomic E-state index is -0.103. The van der Waals surface area contributed by atoms with Gasteiger partial charge in [-0.05, 0) is 34.2 Å². The summed E-state index contributed by atoms with van der Waals surface area (Å²) >= 11 is 6.60. The van der Waals surface area contributed by atoms with Gasteiger partial charge in [0.2, 0.25) is 0 Å². The Kier molecular flexibility index (Phi) is 6.39. The van der Waals surface area contributed by atoms with Crippen LogP contribution >= 0.6 is 11.6 Å². The molecule has 0 spiro atoms. The molecule has 0 bridgehead atoms. The number of para-hydroxylation sites is 1. The number of aromatic nitrogens is 4. The summed E-state index contributed by atoms with van der Waals surface area (Å²) in [7, 11) is 1.68. The first-order valence-electron chi connectivity index (χ1n) is 9.81. The third kappa shape index (κ3) is 4.42. The van der Waals surface area contributed by atoms with Crippen molar-refractivity contribution in [1.82, 2.24) is 25.1 Å². The van der Waals surface area contributed by atoms with Crippen LogP contribution in [0.5, 0.6) is 0 Å². The lowest BCUT2D eigenvalue weighted by Gasteiger charge is -2.40. The molecule has 1 aliphatic rings. The molecule has 0 N–H and O–H groups in total. The first-order valence-corrected chi connectivity index (χ1v) is 10.2. The fourth-order valence-electron chi connectivity index (χ4n) is 3.82. The van der Waals surface area contributed by atoms with Gasteiger partial charge >= 0.3 is 0 Å². The molecule has 1 atom stereocenters. The fourth-order valence-corrected chi connectivity index (χ4v) is 4.06. The van der Waals surface area contributed by atoms with Gasteiger partial charge in [-0.1, -0.05) is 48.0 Å². The second-order valence-corrected chi connectivity index (χ2v) is 7.44. The Morgan fingerprint density at radius 1 is 1.00 bits per heavy atom. The first-order chi connectivity index (χ1) is 14.3. The van der Waals surface area contributed by atoms with Crippen molar-refractivity contribution in [1.29, 1.82) is 0 Å². The number of anilines is 1. The van der Waals surface area contributed by atoms with E-state index in [0.29, 0.717) is 13.2 Å². The fraction of sp³-hybridized carbons (Fsp3) is 0.381. The molecule has 29 heavy (non-hydrogen) atoms. The third-order valence-electron chi connectivity index (χ3n) is 5.31. The van der Waals surface area contributed by atoms with Crippen molar-refractivity contribution in [3.8, 4) is 0 Å². The van der Waals surface area contributed by atoms with Gasteiger partial charge in [-0.3, -0.25) is 4.90 Å². The highest BCUT2D eigenvalue weighted by atomic mass is 35.5. The molecule has 1 aromatic heterocycles. The van der Waals surface area contributed by atoms with Crippen LogP contribution in [0.2, 0.25) is 5.02 Å².